The Kier molecular flexibility index (Phi) is 10.3. The van der Waals surface area contributed by atoms with Crippen molar-refractivity contribution in [3.05, 3.63) is 53.9 Å². The van der Waals surface area contributed by atoms with Gasteiger partial charge in [-0.3, -0.25) is 0 Å². The van der Waals surface area contributed by atoms with Gasteiger partial charge < -0.3 is 25.0 Å². The fourth-order valence-electron chi connectivity index (χ4n) is 2.59. The van der Waals surface area contributed by atoms with Gasteiger partial charge >= 0.3 is 35.6 Å². The Morgan fingerprint density at radius 1 is 1.09 bits per heavy atom. The second-order valence-electron chi connectivity index (χ2n) is 6.86. The molecule has 34 heavy (non-hydrogen) atoms. The van der Waals surface area contributed by atoms with Crippen LogP contribution in [-0.2, 0) is 16.7 Å². The van der Waals surface area contributed by atoms with Crippen LogP contribution >= 0.6 is 0 Å². The summed E-state index contributed by atoms with van der Waals surface area (Å²) < 4.78 is 37.1. The Hall–Kier alpha value is -2.68. The van der Waals surface area contributed by atoms with Gasteiger partial charge in [-0.2, -0.15) is 20.1 Å². The number of phenolic OH excluding ortho intramolecular Hbond substituents is 1. The van der Waals surface area contributed by atoms with E-state index in [1.54, 1.807) is 42.5 Å². The summed E-state index contributed by atoms with van der Waals surface area (Å²) in [6.45, 7) is 1.99. The van der Waals surface area contributed by atoms with Gasteiger partial charge in [0.15, 0.2) is 5.82 Å². The standard InChI is InChI=1S/C20H23N7O5S.Na/c1-13-3-8-17(28)16(11-13)27-26-15-6-4-14(5-7-15)22-19-23-18(24-20(25-19)32-2)12-21-9-10-33(29,30)31;/h3-8,11,21,28H,9-10,12H2,1-2H3,(H,29,30,31)(H,22,23,24,25);/q;+1/p-1. The van der Waals surface area contributed by atoms with Gasteiger partial charge in [0.1, 0.15) is 11.4 Å². The van der Waals surface area contributed by atoms with Gasteiger partial charge in [0, 0.05) is 12.2 Å². The van der Waals surface area contributed by atoms with Gasteiger partial charge in [0.05, 0.1) is 35.2 Å². The summed E-state index contributed by atoms with van der Waals surface area (Å²) >= 11 is 0. The van der Waals surface area contributed by atoms with E-state index >= 15 is 0 Å². The van der Waals surface area contributed by atoms with Crippen LogP contribution in [0.25, 0.3) is 0 Å². The largest absolute Gasteiger partial charge is 1.00 e. The van der Waals surface area contributed by atoms with Crippen molar-refractivity contribution in [1.29, 1.82) is 0 Å². The summed E-state index contributed by atoms with van der Waals surface area (Å²) in [6, 6.07) is 12.1. The average Bonchev–Trinajstić information content (AvgIpc) is 2.77. The molecule has 3 N–H and O–H groups in total. The maximum atomic E-state index is 10.7. The topological polar surface area (TPSA) is 174 Å². The molecule has 0 spiro atoms. The molecule has 1 aromatic heterocycles. The number of aromatic nitrogens is 3. The summed E-state index contributed by atoms with van der Waals surface area (Å²) in [7, 11) is -2.89. The Morgan fingerprint density at radius 3 is 2.50 bits per heavy atom. The Bertz CT molecular complexity index is 1240. The number of nitrogens with one attached hydrogen (secondary N) is 2. The number of aromatic hydroxyl groups is 1. The third-order valence-electron chi connectivity index (χ3n) is 4.18. The number of ether oxygens (including phenoxy) is 1. The van der Waals surface area contributed by atoms with E-state index in [4.69, 9.17) is 4.74 Å². The minimum Gasteiger partial charge on any atom is -0.748 e. The SMILES string of the molecule is COc1nc(CNCCS(=O)(=O)[O-])nc(Nc2ccc(N=Nc3cc(C)ccc3O)cc2)n1.[Na+]. The zero-order chi connectivity index (χ0) is 23.8. The van der Waals surface area contributed by atoms with Crippen LogP contribution in [-0.4, -0.2) is 52.4 Å². The fourth-order valence-corrected chi connectivity index (χ4v) is 2.98. The number of aryl methyl sites for hydroxylation is 1. The molecule has 3 rings (SSSR count). The molecule has 174 valence electrons. The number of hydrogen-bond acceptors (Lipinski definition) is 12. The Labute approximate surface area is 219 Å². The van der Waals surface area contributed by atoms with E-state index in [1.165, 1.54) is 7.11 Å². The molecule has 0 aliphatic carbocycles. The Balaban J connectivity index is 0.00000408. The molecule has 0 radical (unpaired) electrons. The first-order valence-corrected chi connectivity index (χ1v) is 11.3. The summed E-state index contributed by atoms with van der Waals surface area (Å²) in [5.41, 5.74) is 2.58. The number of phenols is 1. The maximum Gasteiger partial charge on any atom is 1.00 e. The third-order valence-corrected chi connectivity index (χ3v) is 4.89. The molecule has 0 fully saturated rings. The Morgan fingerprint density at radius 2 is 1.82 bits per heavy atom. The number of nitrogens with zero attached hydrogens (tertiary/aromatic N) is 5. The van der Waals surface area contributed by atoms with Gasteiger partial charge in [-0.1, -0.05) is 6.07 Å². The number of rotatable bonds is 10. The van der Waals surface area contributed by atoms with Gasteiger partial charge in [-0.15, -0.1) is 5.11 Å². The average molecular weight is 495 g/mol. The van der Waals surface area contributed by atoms with Gasteiger partial charge in [-0.05, 0) is 48.9 Å². The van der Waals surface area contributed by atoms with Crippen molar-refractivity contribution in [2.45, 2.75) is 13.5 Å². The molecule has 3 aromatic rings. The molecule has 0 aliphatic rings. The van der Waals surface area contributed by atoms with E-state index < -0.39 is 15.9 Å². The minimum atomic E-state index is -4.30. The predicted octanol–water partition coefficient (Wildman–Crippen LogP) is -0.308. The second kappa shape index (κ2) is 12.7. The molecule has 0 aliphatic heterocycles. The van der Waals surface area contributed by atoms with Crippen LogP contribution in [0, 0.1) is 6.92 Å². The van der Waals surface area contributed by atoms with Crippen molar-refractivity contribution in [3.63, 3.8) is 0 Å². The number of methoxy groups -OCH3 is 1. The van der Waals surface area contributed by atoms with Crippen LogP contribution in [0.4, 0.5) is 23.0 Å². The molecular formula is C20H22N7NaO5S. The first-order chi connectivity index (χ1) is 15.7. The molecule has 12 nitrogen and oxygen atoms in total. The summed E-state index contributed by atoms with van der Waals surface area (Å²) in [5, 5.41) is 23.9. The van der Waals surface area contributed by atoms with Gasteiger partial charge in [-0.25, -0.2) is 8.42 Å². The van der Waals surface area contributed by atoms with E-state index in [1.807, 2.05) is 6.92 Å². The van der Waals surface area contributed by atoms with Crippen LogP contribution in [0.3, 0.4) is 0 Å². The van der Waals surface area contributed by atoms with Crippen LogP contribution in [0.2, 0.25) is 0 Å². The molecule has 0 unspecified atom stereocenters. The smallest absolute Gasteiger partial charge is 0.748 e. The molecule has 2 aromatic carbocycles. The number of azo groups is 1. The van der Waals surface area contributed by atoms with Crippen molar-refractivity contribution < 1.29 is 52.4 Å². The van der Waals surface area contributed by atoms with Crippen molar-refractivity contribution >= 4 is 33.1 Å². The molecule has 0 amide bonds. The van der Waals surface area contributed by atoms with Crippen LogP contribution < -0.4 is 44.9 Å². The summed E-state index contributed by atoms with van der Waals surface area (Å²) in [6.07, 6.45) is 0. The zero-order valence-electron chi connectivity index (χ0n) is 18.9. The van der Waals surface area contributed by atoms with Gasteiger partial charge in [0.2, 0.25) is 5.95 Å². The monoisotopic (exact) mass is 495 g/mol. The molecule has 0 saturated heterocycles. The van der Waals surface area contributed by atoms with Crippen LogP contribution in [0.15, 0.2) is 52.7 Å². The van der Waals surface area contributed by atoms with Crippen molar-refractivity contribution in [3.8, 4) is 11.8 Å². The zero-order valence-corrected chi connectivity index (χ0v) is 21.7. The maximum absolute atomic E-state index is 10.7. The minimum absolute atomic E-state index is 0. The molecule has 0 saturated carbocycles. The fraction of sp³-hybridized carbons (Fsp3) is 0.250. The third kappa shape index (κ3) is 8.93. The molecule has 0 atom stereocenters. The first kappa shape index (κ1) is 27.6. The first-order valence-electron chi connectivity index (χ1n) is 9.73. The molecular weight excluding hydrogens is 473 g/mol. The predicted molar refractivity (Wildman–Crippen MR) is 119 cm³/mol. The van der Waals surface area contributed by atoms with Crippen molar-refractivity contribution in [1.82, 2.24) is 20.3 Å². The van der Waals surface area contributed by atoms with E-state index in [0.29, 0.717) is 22.9 Å². The van der Waals surface area contributed by atoms with E-state index in [9.17, 15) is 18.1 Å². The number of anilines is 2. The van der Waals surface area contributed by atoms with E-state index in [2.05, 4.69) is 35.8 Å². The number of benzene rings is 2. The molecule has 14 heteroatoms. The van der Waals surface area contributed by atoms with Crippen LogP contribution in [0.1, 0.15) is 11.4 Å². The number of hydrogen-bond donors (Lipinski definition) is 3. The van der Waals surface area contributed by atoms with Crippen molar-refractivity contribution in [2.75, 3.05) is 24.7 Å². The van der Waals surface area contributed by atoms with E-state index in [-0.39, 0.29) is 60.4 Å². The quantitative estimate of drug-likeness (QED) is 0.146. The van der Waals surface area contributed by atoms with Crippen molar-refractivity contribution in [2.24, 2.45) is 10.2 Å². The molecule has 0 bridgehead atoms. The summed E-state index contributed by atoms with van der Waals surface area (Å²) in [4.78, 5) is 12.5. The van der Waals surface area contributed by atoms with E-state index in [0.717, 1.165) is 5.56 Å². The second-order valence-corrected chi connectivity index (χ2v) is 8.39. The molecule has 1 heterocycles. The van der Waals surface area contributed by atoms with Gasteiger partial charge in [0.25, 0.3) is 0 Å². The normalized spacial score (nSPS) is 11.3. The summed E-state index contributed by atoms with van der Waals surface area (Å²) in [5.74, 6) is 0.0320. The van der Waals surface area contributed by atoms with Crippen LogP contribution in [0.5, 0.6) is 11.8 Å².